The molecule has 0 atom stereocenters. The standard InChI is InChI=1S/C9H11NO2.C2H6O/c1-10-8-4-3-7(6-11)5-9(8)12-2;1-3-2/h3-6,10H,1-2H3;1-2H3. The molecule has 84 valence electrons. The largest absolute Gasteiger partial charge is 0.495 e. The Labute approximate surface area is 90.2 Å². The van der Waals surface area contributed by atoms with Gasteiger partial charge in [-0.25, -0.2) is 0 Å². The minimum Gasteiger partial charge on any atom is -0.495 e. The van der Waals surface area contributed by atoms with Crippen molar-refractivity contribution in [3.8, 4) is 5.75 Å². The number of rotatable bonds is 3. The second kappa shape index (κ2) is 7.82. The van der Waals surface area contributed by atoms with Gasteiger partial charge in [0.25, 0.3) is 0 Å². The van der Waals surface area contributed by atoms with Gasteiger partial charge in [-0.05, 0) is 18.2 Å². The minimum absolute atomic E-state index is 0.617. The Hall–Kier alpha value is -1.55. The molecule has 1 rings (SSSR count). The van der Waals surface area contributed by atoms with E-state index in [1.54, 1.807) is 40.5 Å². The molecule has 0 saturated carbocycles. The zero-order valence-electron chi connectivity index (χ0n) is 9.53. The first kappa shape index (κ1) is 13.4. The molecule has 15 heavy (non-hydrogen) atoms. The zero-order chi connectivity index (χ0) is 11.7. The van der Waals surface area contributed by atoms with E-state index >= 15 is 0 Å². The summed E-state index contributed by atoms with van der Waals surface area (Å²) in [6.45, 7) is 0. The van der Waals surface area contributed by atoms with Crippen molar-refractivity contribution in [2.75, 3.05) is 33.7 Å². The molecule has 0 fully saturated rings. The van der Waals surface area contributed by atoms with Crippen LogP contribution in [0.4, 0.5) is 5.69 Å². The van der Waals surface area contributed by atoms with Gasteiger partial charge in [0.05, 0.1) is 12.8 Å². The lowest BCUT2D eigenvalue weighted by atomic mass is 10.2. The molecule has 1 aromatic rings. The van der Waals surface area contributed by atoms with Gasteiger partial charge < -0.3 is 14.8 Å². The first-order valence-corrected chi connectivity index (χ1v) is 4.44. The highest BCUT2D eigenvalue weighted by Crippen LogP contribution is 2.23. The number of hydrogen-bond donors (Lipinski definition) is 1. The van der Waals surface area contributed by atoms with Crippen molar-refractivity contribution in [3.63, 3.8) is 0 Å². The van der Waals surface area contributed by atoms with E-state index in [4.69, 9.17) is 4.74 Å². The number of ether oxygens (including phenoxy) is 2. The van der Waals surface area contributed by atoms with E-state index in [2.05, 4.69) is 10.1 Å². The Balaban J connectivity index is 0.000000583. The number of carbonyl (C=O) groups excluding carboxylic acids is 1. The summed E-state index contributed by atoms with van der Waals surface area (Å²) >= 11 is 0. The maximum atomic E-state index is 10.4. The summed E-state index contributed by atoms with van der Waals surface area (Å²) in [7, 11) is 6.63. The monoisotopic (exact) mass is 211 g/mol. The topological polar surface area (TPSA) is 47.6 Å². The van der Waals surface area contributed by atoms with Gasteiger partial charge >= 0.3 is 0 Å². The van der Waals surface area contributed by atoms with E-state index in [0.29, 0.717) is 11.3 Å². The number of nitrogens with one attached hydrogen (secondary N) is 1. The van der Waals surface area contributed by atoms with Crippen molar-refractivity contribution in [1.82, 2.24) is 0 Å². The molecule has 0 aliphatic heterocycles. The maximum absolute atomic E-state index is 10.4. The van der Waals surface area contributed by atoms with Crippen LogP contribution >= 0.6 is 0 Å². The van der Waals surface area contributed by atoms with Crippen molar-refractivity contribution < 1.29 is 14.3 Å². The number of methoxy groups -OCH3 is 2. The van der Waals surface area contributed by atoms with Crippen LogP contribution in [0.1, 0.15) is 10.4 Å². The van der Waals surface area contributed by atoms with Gasteiger partial charge in [-0.1, -0.05) is 0 Å². The first-order chi connectivity index (χ1) is 7.23. The van der Waals surface area contributed by atoms with E-state index in [-0.39, 0.29) is 0 Å². The lowest BCUT2D eigenvalue weighted by molar-refractivity contribution is 0.112. The highest BCUT2D eigenvalue weighted by molar-refractivity contribution is 5.77. The SMILES string of the molecule is CNc1ccc(C=O)cc1OC.COC. The smallest absolute Gasteiger partial charge is 0.150 e. The van der Waals surface area contributed by atoms with Crippen molar-refractivity contribution in [2.45, 2.75) is 0 Å². The summed E-state index contributed by atoms with van der Waals surface area (Å²) < 4.78 is 9.31. The third-order valence-corrected chi connectivity index (χ3v) is 1.63. The summed E-state index contributed by atoms with van der Waals surface area (Å²) in [5.41, 5.74) is 1.49. The molecule has 1 N–H and O–H groups in total. The predicted molar refractivity (Wildman–Crippen MR) is 60.9 cm³/mol. The van der Waals surface area contributed by atoms with Crippen LogP contribution in [0.5, 0.6) is 5.75 Å². The van der Waals surface area contributed by atoms with Gasteiger partial charge in [0, 0.05) is 26.8 Å². The van der Waals surface area contributed by atoms with Crippen molar-refractivity contribution >= 4 is 12.0 Å². The molecule has 0 amide bonds. The summed E-state index contributed by atoms with van der Waals surface area (Å²) in [5, 5.41) is 2.96. The third-order valence-electron chi connectivity index (χ3n) is 1.63. The summed E-state index contributed by atoms with van der Waals surface area (Å²) in [4.78, 5) is 10.4. The second-order valence-electron chi connectivity index (χ2n) is 2.74. The van der Waals surface area contributed by atoms with Gasteiger partial charge in [0.15, 0.2) is 0 Å². The Kier molecular flexibility index (Phi) is 7.01. The minimum atomic E-state index is 0.617. The van der Waals surface area contributed by atoms with Crippen LogP contribution in [0.3, 0.4) is 0 Å². The fraction of sp³-hybridized carbons (Fsp3) is 0.364. The molecule has 0 radical (unpaired) electrons. The Bertz CT molecular complexity index is 300. The van der Waals surface area contributed by atoms with Crippen LogP contribution in [0, 0.1) is 0 Å². The molecule has 4 nitrogen and oxygen atoms in total. The fourth-order valence-corrected chi connectivity index (χ4v) is 0.988. The zero-order valence-corrected chi connectivity index (χ0v) is 9.53. The summed E-state index contributed by atoms with van der Waals surface area (Å²) in [6, 6.07) is 5.24. The quantitative estimate of drug-likeness (QED) is 0.775. The average molecular weight is 211 g/mol. The van der Waals surface area contributed by atoms with E-state index < -0.39 is 0 Å². The van der Waals surface area contributed by atoms with Crippen LogP contribution in [-0.4, -0.2) is 34.7 Å². The molecule has 0 unspecified atom stereocenters. The lowest BCUT2D eigenvalue weighted by Crippen LogP contribution is -1.94. The molecular formula is C11H17NO3. The molecule has 0 aliphatic rings. The average Bonchev–Trinajstić information content (AvgIpc) is 2.29. The molecule has 0 saturated heterocycles. The van der Waals surface area contributed by atoms with E-state index in [9.17, 15) is 4.79 Å². The molecule has 0 heterocycles. The number of anilines is 1. The molecule has 1 aromatic carbocycles. The van der Waals surface area contributed by atoms with E-state index in [0.717, 1.165) is 12.0 Å². The van der Waals surface area contributed by atoms with Gasteiger partial charge in [-0.3, -0.25) is 4.79 Å². The molecule has 0 spiro atoms. The van der Waals surface area contributed by atoms with Crippen LogP contribution in [-0.2, 0) is 4.74 Å². The molecule has 4 heteroatoms. The van der Waals surface area contributed by atoms with Gasteiger partial charge in [0.2, 0.25) is 0 Å². The van der Waals surface area contributed by atoms with E-state index in [1.807, 2.05) is 6.07 Å². The number of hydrogen-bond acceptors (Lipinski definition) is 4. The van der Waals surface area contributed by atoms with Crippen LogP contribution in [0.2, 0.25) is 0 Å². The Morgan fingerprint density at radius 2 is 1.87 bits per heavy atom. The van der Waals surface area contributed by atoms with Crippen molar-refractivity contribution in [1.29, 1.82) is 0 Å². The molecular weight excluding hydrogens is 194 g/mol. The maximum Gasteiger partial charge on any atom is 0.150 e. The van der Waals surface area contributed by atoms with Crippen LogP contribution < -0.4 is 10.1 Å². The number of carbonyl (C=O) groups is 1. The predicted octanol–water partition coefficient (Wildman–Crippen LogP) is 1.81. The summed E-state index contributed by atoms with van der Waals surface area (Å²) in [5.74, 6) is 0.683. The molecule has 0 aliphatic carbocycles. The second-order valence-corrected chi connectivity index (χ2v) is 2.74. The fourth-order valence-electron chi connectivity index (χ4n) is 0.988. The highest BCUT2D eigenvalue weighted by Gasteiger charge is 2.00. The van der Waals surface area contributed by atoms with Crippen molar-refractivity contribution in [2.24, 2.45) is 0 Å². The van der Waals surface area contributed by atoms with Crippen molar-refractivity contribution in [3.05, 3.63) is 23.8 Å². The van der Waals surface area contributed by atoms with Crippen LogP contribution in [0.25, 0.3) is 0 Å². The lowest BCUT2D eigenvalue weighted by Gasteiger charge is -2.07. The van der Waals surface area contributed by atoms with Gasteiger partial charge in [-0.15, -0.1) is 0 Å². The van der Waals surface area contributed by atoms with Crippen LogP contribution in [0.15, 0.2) is 18.2 Å². The Morgan fingerprint density at radius 1 is 1.27 bits per heavy atom. The first-order valence-electron chi connectivity index (χ1n) is 4.44. The van der Waals surface area contributed by atoms with Gasteiger partial charge in [0.1, 0.15) is 12.0 Å². The molecule has 0 bridgehead atoms. The number of aldehydes is 1. The third kappa shape index (κ3) is 4.46. The Morgan fingerprint density at radius 3 is 2.27 bits per heavy atom. The normalized spacial score (nSPS) is 8.53. The number of benzene rings is 1. The van der Waals surface area contributed by atoms with E-state index in [1.165, 1.54) is 0 Å². The van der Waals surface area contributed by atoms with Gasteiger partial charge in [-0.2, -0.15) is 0 Å². The highest BCUT2D eigenvalue weighted by atomic mass is 16.5. The summed E-state index contributed by atoms with van der Waals surface area (Å²) in [6.07, 6.45) is 0.794. The molecule has 0 aromatic heterocycles.